The van der Waals surface area contributed by atoms with Gasteiger partial charge in [0, 0.05) is 19.6 Å². The van der Waals surface area contributed by atoms with Crippen LogP contribution in [0.15, 0.2) is 18.3 Å². The van der Waals surface area contributed by atoms with Gasteiger partial charge in [-0.3, -0.25) is 0 Å². The molecule has 1 aromatic rings. The van der Waals surface area contributed by atoms with E-state index in [1.807, 2.05) is 0 Å². The van der Waals surface area contributed by atoms with E-state index in [9.17, 15) is 4.39 Å². The van der Waals surface area contributed by atoms with E-state index in [1.54, 1.807) is 6.07 Å². The Morgan fingerprint density at radius 3 is 2.73 bits per heavy atom. The molecule has 0 spiro atoms. The molecule has 0 aliphatic carbocycles. The van der Waals surface area contributed by atoms with Crippen LogP contribution in [-0.4, -0.2) is 31.2 Å². The molecule has 0 aliphatic rings. The second-order valence-corrected chi connectivity index (χ2v) is 3.27. The minimum absolute atomic E-state index is 0.290. The lowest BCUT2D eigenvalue weighted by Crippen LogP contribution is -2.32. The lowest BCUT2D eigenvalue weighted by atomic mass is 10.4. The average molecular weight is 211 g/mol. The second-order valence-electron chi connectivity index (χ2n) is 3.27. The third kappa shape index (κ3) is 3.83. The van der Waals surface area contributed by atoms with Gasteiger partial charge in [-0.15, -0.1) is 0 Å². The maximum absolute atomic E-state index is 12.7. The van der Waals surface area contributed by atoms with Gasteiger partial charge in [-0.2, -0.15) is 0 Å². The van der Waals surface area contributed by atoms with Gasteiger partial charge in [-0.25, -0.2) is 9.37 Å². The van der Waals surface area contributed by atoms with Crippen LogP contribution in [0.2, 0.25) is 0 Å². The van der Waals surface area contributed by atoms with Gasteiger partial charge < -0.3 is 10.2 Å². The first-order valence-corrected chi connectivity index (χ1v) is 5.35. The first kappa shape index (κ1) is 11.9. The quantitative estimate of drug-likeness (QED) is 0.725. The Balaban J connectivity index is 2.53. The molecule has 0 saturated carbocycles. The van der Waals surface area contributed by atoms with Crippen LogP contribution in [0.5, 0.6) is 0 Å². The van der Waals surface area contributed by atoms with Crippen LogP contribution in [-0.2, 0) is 0 Å². The average Bonchev–Trinajstić information content (AvgIpc) is 2.26. The lowest BCUT2D eigenvalue weighted by Gasteiger charge is -2.21. The fourth-order valence-electron chi connectivity index (χ4n) is 1.38. The number of hydrogen-bond acceptors (Lipinski definition) is 3. The molecule has 0 aliphatic heterocycles. The van der Waals surface area contributed by atoms with E-state index < -0.39 is 0 Å². The first-order valence-electron chi connectivity index (χ1n) is 5.35. The topological polar surface area (TPSA) is 28.2 Å². The Morgan fingerprint density at radius 2 is 2.20 bits per heavy atom. The zero-order chi connectivity index (χ0) is 11.1. The van der Waals surface area contributed by atoms with E-state index in [0.717, 1.165) is 32.0 Å². The smallest absolute Gasteiger partial charge is 0.141 e. The van der Waals surface area contributed by atoms with E-state index in [-0.39, 0.29) is 5.82 Å². The number of anilines is 1. The molecule has 0 radical (unpaired) electrons. The summed E-state index contributed by atoms with van der Waals surface area (Å²) in [5.74, 6) is 0.540. The third-order valence-electron chi connectivity index (χ3n) is 2.23. The summed E-state index contributed by atoms with van der Waals surface area (Å²) in [7, 11) is 0. The zero-order valence-electron chi connectivity index (χ0n) is 9.33. The summed E-state index contributed by atoms with van der Waals surface area (Å²) >= 11 is 0. The fraction of sp³-hybridized carbons (Fsp3) is 0.545. The summed E-state index contributed by atoms with van der Waals surface area (Å²) in [5.41, 5.74) is 0. The van der Waals surface area contributed by atoms with Crippen molar-refractivity contribution < 1.29 is 4.39 Å². The number of hydrogen-bond donors (Lipinski definition) is 1. The van der Waals surface area contributed by atoms with Crippen molar-refractivity contribution in [3.05, 3.63) is 24.1 Å². The number of pyridine rings is 1. The van der Waals surface area contributed by atoms with Gasteiger partial charge in [0.05, 0.1) is 6.20 Å². The maximum atomic E-state index is 12.7. The van der Waals surface area contributed by atoms with Crippen molar-refractivity contribution in [2.75, 3.05) is 31.1 Å². The highest BCUT2D eigenvalue weighted by molar-refractivity contribution is 5.37. The van der Waals surface area contributed by atoms with Gasteiger partial charge >= 0.3 is 0 Å². The van der Waals surface area contributed by atoms with Crippen molar-refractivity contribution in [3.8, 4) is 0 Å². The molecule has 0 fully saturated rings. The number of nitrogens with one attached hydrogen (secondary N) is 1. The molecule has 3 nitrogen and oxygen atoms in total. The Hall–Kier alpha value is -1.16. The van der Waals surface area contributed by atoms with Crippen molar-refractivity contribution in [2.24, 2.45) is 0 Å². The summed E-state index contributed by atoms with van der Waals surface area (Å²) in [6.07, 6.45) is 1.26. The van der Waals surface area contributed by atoms with Crippen LogP contribution >= 0.6 is 0 Å². The van der Waals surface area contributed by atoms with Crippen molar-refractivity contribution >= 4 is 5.82 Å². The molecule has 1 aromatic heterocycles. The van der Waals surface area contributed by atoms with Crippen molar-refractivity contribution in [2.45, 2.75) is 13.8 Å². The molecule has 0 aromatic carbocycles. The minimum Gasteiger partial charge on any atom is -0.356 e. The molecule has 1 rings (SSSR count). The van der Waals surface area contributed by atoms with Crippen molar-refractivity contribution in [3.63, 3.8) is 0 Å². The molecule has 15 heavy (non-hydrogen) atoms. The fourth-order valence-corrected chi connectivity index (χ4v) is 1.38. The molecule has 0 bridgehead atoms. The highest BCUT2D eigenvalue weighted by Gasteiger charge is 2.04. The predicted octanol–water partition coefficient (Wildman–Crippen LogP) is 1.66. The van der Waals surface area contributed by atoms with Crippen LogP contribution in [0.3, 0.4) is 0 Å². The number of nitrogens with zero attached hydrogens (tertiary/aromatic N) is 2. The Bertz CT molecular complexity index is 274. The van der Waals surface area contributed by atoms with Gasteiger partial charge in [-0.1, -0.05) is 6.92 Å². The van der Waals surface area contributed by atoms with Crippen LogP contribution in [0.4, 0.5) is 10.2 Å². The number of halogens is 1. The summed E-state index contributed by atoms with van der Waals surface area (Å²) in [6.45, 7) is 7.80. The van der Waals surface area contributed by atoms with E-state index in [1.165, 1.54) is 12.3 Å². The molecular weight excluding hydrogens is 193 g/mol. The number of rotatable bonds is 6. The van der Waals surface area contributed by atoms with Crippen molar-refractivity contribution in [1.82, 2.24) is 10.3 Å². The molecule has 4 heteroatoms. The Morgan fingerprint density at radius 1 is 1.40 bits per heavy atom. The van der Waals surface area contributed by atoms with E-state index in [2.05, 4.69) is 29.0 Å². The summed E-state index contributed by atoms with van der Waals surface area (Å²) in [6, 6.07) is 3.16. The van der Waals surface area contributed by atoms with E-state index >= 15 is 0 Å². The molecule has 0 amide bonds. The summed E-state index contributed by atoms with van der Waals surface area (Å²) in [5, 5.41) is 3.25. The molecule has 1 heterocycles. The van der Waals surface area contributed by atoms with Gasteiger partial charge in [0.25, 0.3) is 0 Å². The van der Waals surface area contributed by atoms with Crippen LogP contribution in [0, 0.1) is 5.82 Å². The molecule has 1 N–H and O–H groups in total. The van der Waals surface area contributed by atoms with E-state index in [4.69, 9.17) is 0 Å². The molecule has 0 atom stereocenters. The monoisotopic (exact) mass is 211 g/mol. The lowest BCUT2D eigenvalue weighted by molar-refractivity contribution is 0.619. The highest BCUT2D eigenvalue weighted by atomic mass is 19.1. The SMILES string of the molecule is CCNCCN(CC)c1ccc(F)cn1. The maximum Gasteiger partial charge on any atom is 0.141 e. The van der Waals surface area contributed by atoms with Crippen molar-refractivity contribution in [1.29, 1.82) is 0 Å². The normalized spacial score (nSPS) is 10.3. The molecule has 84 valence electrons. The van der Waals surface area contributed by atoms with Gasteiger partial charge in [0.1, 0.15) is 11.6 Å². The highest BCUT2D eigenvalue weighted by Crippen LogP contribution is 2.09. The second kappa shape index (κ2) is 6.35. The first-order chi connectivity index (χ1) is 7.27. The van der Waals surface area contributed by atoms with Gasteiger partial charge in [0.15, 0.2) is 0 Å². The van der Waals surface area contributed by atoms with Crippen LogP contribution in [0.1, 0.15) is 13.8 Å². The minimum atomic E-state index is -0.290. The summed E-state index contributed by atoms with van der Waals surface area (Å²) in [4.78, 5) is 6.16. The van der Waals surface area contributed by atoms with Crippen LogP contribution < -0.4 is 10.2 Å². The Labute approximate surface area is 90.3 Å². The number of aromatic nitrogens is 1. The van der Waals surface area contributed by atoms with E-state index in [0.29, 0.717) is 0 Å². The van der Waals surface area contributed by atoms with Crippen LogP contribution in [0.25, 0.3) is 0 Å². The largest absolute Gasteiger partial charge is 0.356 e. The molecule has 0 unspecified atom stereocenters. The summed E-state index contributed by atoms with van der Waals surface area (Å²) < 4.78 is 12.7. The number of likely N-dealkylation sites (N-methyl/N-ethyl adjacent to an activating group) is 2. The predicted molar refractivity (Wildman–Crippen MR) is 60.6 cm³/mol. The molecule has 0 saturated heterocycles. The third-order valence-corrected chi connectivity index (χ3v) is 2.23. The zero-order valence-corrected chi connectivity index (χ0v) is 9.33. The Kier molecular flexibility index (Phi) is 5.04. The van der Waals surface area contributed by atoms with Gasteiger partial charge in [0.2, 0.25) is 0 Å². The standard InChI is InChI=1S/C11H18FN3/c1-3-13-7-8-15(4-2)11-6-5-10(12)9-14-11/h5-6,9,13H,3-4,7-8H2,1-2H3. The van der Waals surface area contributed by atoms with Gasteiger partial charge in [-0.05, 0) is 25.6 Å². The molecular formula is C11H18FN3.